The monoisotopic (exact) mass is 353 g/mol. The zero-order valence-electron chi connectivity index (χ0n) is 13.6. The number of methoxy groups -OCH3 is 1. The molecule has 3 aromatic heterocycles. The lowest BCUT2D eigenvalue weighted by Crippen LogP contribution is -2.15. The molecular formula is C18H15N3O3S. The highest BCUT2D eigenvalue weighted by Crippen LogP contribution is 2.27. The van der Waals surface area contributed by atoms with Gasteiger partial charge in [0.05, 0.1) is 24.6 Å². The van der Waals surface area contributed by atoms with Crippen LogP contribution < -0.4 is 10.1 Å². The Morgan fingerprint density at radius 1 is 1.28 bits per heavy atom. The Balaban J connectivity index is 1.54. The Kier molecular flexibility index (Phi) is 3.77. The summed E-state index contributed by atoms with van der Waals surface area (Å²) in [6.07, 6.45) is 1.61. The summed E-state index contributed by atoms with van der Waals surface area (Å²) in [5.41, 5.74) is 3.86. The number of carbonyl (C=O) groups excluding carboxylic acids is 1. The van der Waals surface area contributed by atoms with Gasteiger partial charge in [0, 0.05) is 30.1 Å². The molecule has 126 valence electrons. The molecule has 1 aromatic carbocycles. The molecule has 0 bridgehead atoms. The largest absolute Gasteiger partial charge is 0.497 e. The molecule has 0 fully saturated rings. The van der Waals surface area contributed by atoms with Crippen molar-refractivity contribution in [2.24, 2.45) is 7.05 Å². The van der Waals surface area contributed by atoms with Crippen molar-refractivity contribution in [3.8, 4) is 17.0 Å². The molecule has 0 radical (unpaired) electrons. The van der Waals surface area contributed by atoms with Crippen LogP contribution in [0.4, 0.5) is 5.13 Å². The van der Waals surface area contributed by atoms with E-state index in [0.717, 1.165) is 22.5 Å². The minimum atomic E-state index is -0.218. The summed E-state index contributed by atoms with van der Waals surface area (Å²) in [5.74, 6) is 0.574. The maximum Gasteiger partial charge on any atom is 0.274 e. The molecular weight excluding hydrogens is 338 g/mol. The van der Waals surface area contributed by atoms with Crippen LogP contribution in [0.15, 0.2) is 52.5 Å². The van der Waals surface area contributed by atoms with Crippen molar-refractivity contribution >= 4 is 33.5 Å². The summed E-state index contributed by atoms with van der Waals surface area (Å²) in [7, 11) is 3.46. The molecule has 1 N–H and O–H groups in total. The molecule has 0 aliphatic carbocycles. The van der Waals surface area contributed by atoms with Gasteiger partial charge < -0.3 is 13.7 Å². The lowest BCUT2D eigenvalue weighted by Gasteiger charge is -2.03. The predicted octanol–water partition coefficient (Wildman–Crippen LogP) is 4.16. The van der Waals surface area contributed by atoms with Crippen molar-refractivity contribution in [1.82, 2.24) is 9.55 Å². The van der Waals surface area contributed by atoms with Crippen LogP contribution in [0.2, 0.25) is 0 Å². The Hall–Kier alpha value is -3.06. The van der Waals surface area contributed by atoms with Gasteiger partial charge in [0.15, 0.2) is 10.7 Å². The first-order chi connectivity index (χ1) is 12.2. The third-order valence-electron chi connectivity index (χ3n) is 4.01. The summed E-state index contributed by atoms with van der Waals surface area (Å²) >= 11 is 1.39. The van der Waals surface area contributed by atoms with Gasteiger partial charge >= 0.3 is 0 Å². The number of aryl methyl sites for hydroxylation is 1. The second-order valence-electron chi connectivity index (χ2n) is 5.48. The molecule has 0 unspecified atom stereocenters. The number of hydrogen-bond acceptors (Lipinski definition) is 5. The number of rotatable bonds is 4. The van der Waals surface area contributed by atoms with E-state index in [1.165, 1.54) is 11.3 Å². The topological polar surface area (TPSA) is 69.3 Å². The second kappa shape index (κ2) is 6.10. The van der Waals surface area contributed by atoms with E-state index in [9.17, 15) is 4.79 Å². The first-order valence-corrected chi connectivity index (χ1v) is 8.48. The number of carbonyl (C=O) groups is 1. The van der Waals surface area contributed by atoms with Crippen molar-refractivity contribution in [1.29, 1.82) is 0 Å². The van der Waals surface area contributed by atoms with Crippen LogP contribution in [0, 0.1) is 0 Å². The summed E-state index contributed by atoms with van der Waals surface area (Å²) in [6, 6.07) is 11.2. The fourth-order valence-corrected chi connectivity index (χ4v) is 3.37. The molecule has 0 atom stereocenters. The second-order valence-corrected chi connectivity index (χ2v) is 6.34. The normalized spacial score (nSPS) is 11.0. The number of benzene rings is 1. The van der Waals surface area contributed by atoms with Crippen molar-refractivity contribution in [3.63, 3.8) is 0 Å². The van der Waals surface area contributed by atoms with Crippen LogP contribution in [-0.2, 0) is 7.05 Å². The average Bonchev–Trinajstić information content (AvgIpc) is 3.33. The minimum absolute atomic E-state index is 0.218. The summed E-state index contributed by atoms with van der Waals surface area (Å²) in [4.78, 5) is 17.0. The van der Waals surface area contributed by atoms with Crippen LogP contribution >= 0.6 is 11.3 Å². The van der Waals surface area contributed by atoms with Gasteiger partial charge in [-0.25, -0.2) is 4.98 Å². The lowest BCUT2D eigenvalue weighted by atomic mass is 10.2. The van der Waals surface area contributed by atoms with Gasteiger partial charge in [-0.05, 0) is 24.3 Å². The van der Waals surface area contributed by atoms with Gasteiger partial charge in [-0.2, -0.15) is 0 Å². The molecule has 0 aliphatic heterocycles. The average molecular weight is 353 g/mol. The number of nitrogens with one attached hydrogen (secondary N) is 1. The van der Waals surface area contributed by atoms with Gasteiger partial charge in [-0.1, -0.05) is 0 Å². The van der Waals surface area contributed by atoms with Crippen LogP contribution in [0.25, 0.3) is 22.4 Å². The highest BCUT2D eigenvalue weighted by Gasteiger charge is 2.16. The molecule has 4 rings (SSSR count). The molecule has 1 amide bonds. The minimum Gasteiger partial charge on any atom is -0.497 e. The molecule has 6 nitrogen and oxygen atoms in total. The van der Waals surface area contributed by atoms with Gasteiger partial charge in [-0.15, -0.1) is 11.3 Å². The van der Waals surface area contributed by atoms with Gasteiger partial charge in [0.2, 0.25) is 0 Å². The number of hydrogen-bond donors (Lipinski definition) is 1. The third-order valence-corrected chi connectivity index (χ3v) is 4.76. The number of furan rings is 1. The van der Waals surface area contributed by atoms with E-state index in [1.807, 2.05) is 42.8 Å². The number of ether oxygens (including phenoxy) is 1. The van der Waals surface area contributed by atoms with Crippen molar-refractivity contribution < 1.29 is 13.9 Å². The molecule has 3 heterocycles. The van der Waals surface area contributed by atoms with Crippen molar-refractivity contribution in [2.45, 2.75) is 0 Å². The molecule has 4 aromatic rings. The molecule has 25 heavy (non-hydrogen) atoms. The maximum atomic E-state index is 12.5. The molecule has 0 saturated carbocycles. The summed E-state index contributed by atoms with van der Waals surface area (Å²) in [6.45, 7) is 0. The molecule has 7 heteroatoms. The van der Waals surface area contributed by atoms with Crippen LogP contribution in [0.1, 0.15) is 10.5 Å². The van der Waals surface area contributed by atoms with E-state index < -0.39 is 0 Å². The fraction of sp³-hybridized carbons (Fsp3) is 0.111. The lowest BCUT2D eigenvalue weighted by molar-refractivity contribution is 0.101. The number of anilines is 1. The SMILES string of the molecule is COc1ccc(-c2csc(NC(=O)c3cc4occc4n3C)n2)cc1. The molecule has 0 saturated heterocycles. The number of aromatic nitrogens is 2. The van der Waals surface area contributed by atoms with E-state index in [1.54, 1.807) is 24.0 Å². The Labute approximate surface area is 147 Å². The maximum absolute atomic E-state index is 12.5. The van der Waals surface area contributed by atoms with Crippen LogP contribution in [0.5, 0.6) is 5.75 Å². The third kappa shape index (κ3) is 2.78. The van der Waals surface area contributed by atoms with E-state index in [4.69, 9.17) is 9.15 Å². The first-order valence-electron chi connectivity index (χ1n) is 7.60. The first kappa shape index (κ1) is 15.5. The van der Waals surface area contributed by atoms with E-state index in [0.29, 0.717) is 16.4 Å². The van der Waals surface area contributed by atoms with Crippen LogP contribution in [0.3, 0.4) is 0 Å². The highest BCUT2D eigenvalue weighted by atomic mass is 32.1. The Bertz CT molecular complexity index is 1040. The number of amides is 1. The molecule has 0 aliphatic rings. The smallest absolute Gasteiger partial charge is 0.274 e. The number of fused-ring (bicyclic) bond motifs is 1. The van der Waals surface area contributed by atoms with Gasteiger partial charge in [-0.3, -0.25) is 10.1 Å². The van der Waals surface area contributed by atoms with Crippen molar-refractivity contribution in [3.05, 3.63) is 53.7 Å². The predicted molar refractivity (Wildman–Crippen MR) is 97.2 cm³/mol. The fourth-order valence-electron chi connectivity index (χ4n) is 2.65. The van der Waals surface area contributed by atoms with Gasteiger partial charge in [0.25, 0.3) is 5.91 Å². The Morgan fingerprint density at radius 3 is 2.80 bits per heavy atom. The summed E-state index contributed by atoms with van der Waals surface area (Å²) < 4.78 is 12.3. The van der Waals surface area contributed by atoms with E-state index in [-0.39, 0.29) is 5.91 Å². The van der Waals surface area contributed by atoms with Crippen molar-refractivity contribution in [2.75, 3.05) is 12.4 Å². The Morgan fingerprint density at radius 2 is 2.08 bits per heavy atom. The van der Waals surface area contributed by atoms with E-state index >= 15 is 0 Å². The zero-order valence-corrected chi connectivity index (χ0v) is 14.5. The standard InChI is InChI=1S/C18H15N3O3S/c1-21-14-7-8-24-16(14)9-15(21)17(22)20-18-19-13(10-25-18)11-3-5-12(23-2)6-4-11/h3-10H,1-2H3,(H,19,20,22). The number of thiazole rings is 1. The zero-order chi connectivity index (χ0) is 17.4. The van der Waals surface area contributed by atoms with E-state index in [2.05, 4.69) is 10.3 Å². The molecule has 0 spiro atoms. The summed E-state index contributed by atoms with van der Waals surface area (Å²) in [5, 5.41) is 5.30. The van der Waals surface area contributed by atoms with Crippen LogP contribution in [-0.4, -0.2) is 22.6 Å². The van der Waals surface area contributed by atoms with Gasteiger partial charge in [0.1, 0.15) is 11.4 Å². The highest BCUT2D eigenvalue weighted by molar-refractivity contribution is 7.14. The quantitative estimate of drug-likeness (QED) is 0.598. The number of nitrogens with zero attached hydrogens (tertiary/aromatic N) is 2.